The molecule has 0 amide bonds. The number of hydrogen-bond acceptors (Lipinski definition) is 2. The van der Waals surface area contributed by atoms with Crippen LogP contribution in [0.3, 0.4) is 0 Å². The van der Waals surface area contributed by atoms with Crippen LogP contribution in [-0.4, -0.2) is 14.5 Å². The Morgan fingerprint density at radius 1 is 0.864 bits per heavy atom. The highest BCUT2D eigenvalue weighted by Gasteiger charge is 2.14. The molecule has 1 N–H and O–H groups in total. The van der Waals surface area contributed by atoms with Gasteiger partial charge in [0.05, 0.1) is 4.90 Å². The quantitative estimate of drug-likeness (QED) is 0.887. The van der Waals surface area contributed by atoms with Gasteiger partial charge in [0.25, 0.3) is 0 Å². The second-order valence-corrected chi connectivity index (χ2v) is 7.62. The zero-order valence-electron chi connectivity index (χ0n) is 13.3. The molecule has 0 fully saturated rings. The van der Waals surface area contributed by atoms with E-state index < -0.39 is 10.0 Å². The third-order valence-corrected chi connectivity index (χ3v) is 5.12. The molecule has 2 rings (SSSR count). The second kappa shape index (κ2) is 7.07. The summed E-state index contributed by atoms with van der Waals surface area (Å²) in [6, 6.07) is 15.5. The molecule has 0 bridgehead atoms. The Balaban J connectivity index is 2.01. The highest BCUT2D eigenvalue weighted by atomic mass is 32.2. The molecule has 22 heavy (non-hydrogen) atoms. The van der Waals surface area contributed by atoms with Crippen molar-refractivity contribution in [1.82, 2.24) is 4.72 Å². The summed E-state index contributed by atoms with van der Waals surface area (Å²) in [5.74, 6) is 0. The van der Waals surface area contributed by atoms with Crippen LogP contribution in [0.5, 0.6) is 0 Å². The van der Waals surface area contributed by atoms with Crippen molar-refractivity contribution < 1.29 is 8.42 Å². The van der Waals surface area contributed by atoms with E-state index in [4.69, 9.17) is 0 Å². The summed E-state index contributed by atoms with van der Waals surface area (Å²) in [6.45, 7) is 5.70. The minimum absolute atomic E-state index is 0.105. The Kier molecular flexibility index (Phi) is 5.37. The zero-order chi connectivity index (χ0) is 16.2. The molecule has 0 aliphatic carbocycles. The van der Waals surface area contributed by atoms with Crippen LogP contribution in [0.1, 0.15) is 30.5 Å². The van der Waals surface area contributed by atoms with E-state index in [9.17, 15) is 8.42 Å². The van der Waals surface area contributed by atoms with Crippen LogP contribution in [0.4, 0.5) is 0 Å². The van der Waals surface area contributed by atoms with Crippen molar-refractivity contribution in [1.29, 1.82) is 0 Å². The molecule has 0 heterocycles. The summed E-state index contributed by atoms with van der Waals surface area (Å²) >= 11 is 0. The standard InChI is InChI=1S/C18H23NO2S/c1-14(2)19-22(20,21)18-12-10-17(11-13-18)9-8-16-6-4-15(3)5-7-16/h4-7,10-14,19H,8-9H2,1-3H3. The van der Waals surface area contributed by atoms with Crippen molar-refractivity contribution in [2.45, 2.75) is 44.6 Å². The molecule has 2 aromatic carbocycles. The molecular formula is C18H23NO2S. The summed E-state index contributed by atoms with van der Waals surface area (Å²) in [4.78, 5) is 0.320. The molecule has 0 atom stereocenters. The van der Waals surface area contributed by atoms with Crippen LogP contribution in [0.15, 0.2) is 53.4 Å². The van der Waals surface area contributed by atoms with Gasteiger partial charge in [-0.1, -0.05) is 42.0 Å². The molecule has 0 aromatic heterocycles. The lowest BCUT2D eigenvalue weighted by Crippen LogP contribution is -2.30. The Morgan fingerprint density at radius 2 is 1.32 bits per heavy atom. The number of sulfonamides is 1. The topological polar surface area (TPSA) is 46.2 Å². The minimum atomic E-state index is -3.40. The van der Waals surface area contributed by atoms with E-state index in [0.29, 0.717) is 4.90 Å². The Labute approximate surface area is 133 Å². The second-order valence-electron chi connectivity index (χ2n) is 5.91. The third-order valence-electron chi connectivity index (χ3n) is 3.45. The maximum atomic E-state index is 12.1. The molecule has 0 aliphatic heterocycles. The molecule has 0 unspecified atom stereocenters. The fourth-order valence-corrected chi connectivity index (χ4v) is 3.51. The first-order valence-electron chi connectivity index (χ1n) is 7.53. The van der Waals surface area contributed by atoms with E-state index in [0.717, 1.165) is 18.4 Å². The lowest BCUT2D eigenvalue weighted by atomic mass is 10.0. The van der Waals surface area contributed by atoms with Crippen LogP contribution >= 0.6 is 0 Å². The predicted octanol–water partition coefficient (Wildman–Crippen LogP) is 3.47. The average molecular weight is 317 g/mol. The van der Waals surface area contributed by atoms with Gasteiger partial charge in [-0.25, -0.2) is 13.1 Å². The van der Waals surface area contributed by atoms with Crippen LogP contribution < -0.4 is 4.72 Å². The van der Waals surface area contributed by atoms with E-state index in [1.165, 1.54) is 11.1 Å². The van der Waals surface area contributed by atoms with Gasteiger partial charge in [-0.2, -0.15) is 0 Å². The smallest absolute Gasteiger partial charge is 0.209 e. The van der Waals surface area contributed by atoms with E-state index in [1.54, 1.807) is 12.1 Å². The number of hydrogen-bond donors (Lipinski definition) is 1. The average Bonchev–Trinajstić information content (AvgIpc) is 2.46. The summed E-state index contributed by atoms with van der Waals surface area (Å²) < 4.78 is 26.7. The van der Waals surface area contributed by atoms with Gasteiger partial charge in [0.2, 0.25) is 10.0 Å². The van der Waals surface area contributed by atoms with Gasteiger partial charge in [0, 0.05) is 6.04 Å². The zero-order valence-corrected chi connectivity index (χ0v) is 14.2. The molecule has 2 aromatic rings. The number of aryl methyl sites for hydroxylation is 3. The lowest BCUT2D eigenvalue weighted by molar-refractivity contribution is 0.570. The van der Waals surface area contributed by atoms with Crippen molar-refractivity contribution in [3.63, 3.8) is 0 Å². The first kappa shape index (κ1) is 16.7. The maximum absolute atomic E-state index is 12.1. The summed E-state index contributed by atoms with van der Waals surface area (Å²) in [7, 11) is -3.40. The van der Waals surface area contributed by atoms with Gasteiger partial charge >= 0.3 is 0 Å². The molecule has 0 radical (unpaired) electrons. The fourth-order valence-electron chi connectivity index (χ4n) is 2.26. The molecule has 0 aliphatic rings. The van der Waals surface area contributed by atoms with Crippen molar-refractivity contribution >= 4 is 10.0 Å². The molecule has 118 valence electrons. The van der Waals surface area contributed by atoms with Crippen LogP contribution in [0.25, 0.3) is 0 Å². The van der Waals surface area contributed by atoms with Crippen molar-refractivity contribution in [3.8, 4) is 0 Å². The highest BCUT2D eigenvalue weighted by Crippen LogP contribution is 2.13. The number of rotatable bonds is 6. The number of benzene rings is 2. The highest BCUT2D eigenvalue weighted by molar-refractivity contribution is 7.89. The predicted molar refractivity (Wildman–Crippen MR) is 90.5 cm³/mol. The first-order valence-corrected chi connectivity index (χ1v) is 9.02. The Bertz CT molecular complexity index is 702. The Morgan fingerprint density at radius 3 is 1.77 bits per heavy atom. The number of nitrogens with one attached hydrogen (secondary N) is 1. The van der Waals surface area contributed by atoms with E-state index in [1.807, 2.05) is 26.0 Å². The minimum Gasteiger partial charge on any atom is -0.209 e. The van der Waals surface area contributed by atoms with Crippen molar-refractivity contribution in [3.05, 3.63) is 65.2 Å². The molecule has 0 spiro atoms. The first-order chi connectivity index (χ1) is 10.4. The summed E-state index contributed by atoms with van der Waals surface area (Å²) in [5, 5.41) is 0. The van der Waals surface area contributed by atoms with Crippen molar-refractivity contribution in [2.24, 2.45) is 0 Å². The van der Waals surface area contributed by atoms with Gasteiger partial charge in [0.15, 0.2) is 0 Å². The van der Waals surface area contributed by atoms with E-state index in [2.05, 4.69) is 35.9 Å². The van der Waals surface area contributed by atoms with Gasteiger partial charge in [-0.15, -0.1) is 0 Å². The van der Waals surface area contributed by atoms with E-state index >= 15 is 0 Å². The van der Waals surface area contributed by atoms with Gasteiger partial charge in [-0.3, -0.25) is 0 Å². The molecular weight excluding hydrogens is 294 g/mol. The monoisotopic (exact) mass is 317 g/mol. The van der Waals surface area contributed by atoms with Gasteiger partial charge in [-0.05, 0) is 56.9 Å². The van der Waals surface area contributed by atoms with Crippen molar-refractivity contribution in [2.75, 3.05) is 0 Å². The SMILES string of the molecule is Cc1ccc(CCc2ccc(S(=O)(=O)NC(C)C)cc2)cc1. The molecule has 4 heteroatoms. The van der Waals surface area contributed by atoms with E-state index in [-0.39, 0.29) is 6.04 Å². The molecule has 3 nitrogen and oxygen atoms in total. The molecule has 0 saturated heterocycles. The third kappa shape index (κ3) is 4.68. The lowest BCUT2D eigenvalue weighted by Gasteiger charge is -2.10. The Hall–Kier alpha value is -1.65. The summed E-state index contributed by atoms with van der Waals surface area (Å²) in [6.07, 6.45) is 1.86. The fraction of sp³-hybridized carbons (Fsp3) is 0.333. The van der Waals surface area contributed by atoms with Crippen LogP contribution in [0.2, 0.25) is 0 Å². The molecule has 0 saturated carbocycles. The van der Waals surface area contributed by atoms with Gasteiger partial charge < -0.3 is 0 Å². The normalized spacial score (nSPS) is 11.8. The van der Waals surface area contributed by atoms with Crippen LogP contribution in [0, 0.1) is 6.92 Å². The maximum Gasteiger partial charge on any atom is 0.240 e. The van der Waals surface area contributed by atoms with Gasteiger partial charge in [0.1, 0.15) is 0 Å². The van der Waals surface area contributed by atoms with Crippen LogP contribution in [-0.2, 0) is 22.9 Å². The summed E-state index contributed by atoms with van der Waals surface area (Å²) in [5.41, 5.74) is 3.70. The largest absolute Gasteiger partial charge is 0.240 e.